The Morgan fingerprint density at radius 2 is 1.59 bits per heavy atom. The van der Waals surface area contributed by atoms with E-state index < -0.39 is 0 Å². The fourth-order valence-electron chi connectivity index (χ4n) is 2.78. The van der Waals surface area contributed by atoms with Crippen LogP contribution in [0, 0.1) is 0 Å². The Bertz CT molecular complexity index is 869. The number of aromatic nitrogens is 1. The summed E-state index contributed by atoms with van der Waals surface area (Å²) in [6.07, 6.45) is 1.70. The maximum atomic E-state index is 12.9. The fraction of sp³-hybridized carbons (Fsp3) is 0.217. The van der Waals surface area contributed by atoms with Crippen molar-refractivity contribution in [1.29, 1.82) is 0 Å². The number of urea groups is 1. The number of benzene rings is 2. The lowest BCUT2D eigenvalue weighted by Gasteiger charge is -2.23. The van der Waals surface area contributed by atoms with E-state index in [1.54, 1.807) is 11.1 Å². The number of hydrogen-bond donors (Lipinski definition) is 1. The molecular formula is C23H25N3O. The number of nitrogens with one attached hydrogen (secondary N) is 1. The maximum Gasteiger partial charge on any atom is 0.327 e. The van der Waals surface area contributed by atoms with Gasteiger partial charge in [0.05, 0.1) is 6.54 Å². The van der Waals surface area contributed by atoms with Gasteiger partial charge in [-0.15, -0.1) is 0 Å². The molecule has 0 saturated carbocycles. The number of carbonyl (C=O) groups excluding carboxylic acids is 1. The first-order valence-corrected chi connectivity index (χ1v) is 9.07. The highest BCUT2D eigenvalue weighted by Gasteiger charge is 2.18. The van der Waals surface area contributed by atoms with Gasteiger partial charge in [0.25, 0.3) is 0 Å². The molecule has 0 spiro atoms. The summed E-state index contributed by atoms with van der Waals surface area (Å²) in [6, 6.07) is 23.2. The van der Waals surface area contributed by atoms with Gasteiger partial charge >= 0.3 is 6.03 Å². The summed E-state index contributed by atoms with van der Waals surface area (Å²) in [5.41, 5.74) is 3.18. The van der Waals surface area contributed by atoms with E-state index in [0.29, 0.717) is 12.4 Å². The molecule has 4 nitrogen and oxygen atoms in total. The topological polar surface area (TPSA) is 45.2 Å². The van der Waals surface area contributed by atoms with Crippen molar-refractivity contribution in [3.8, 4) is 0 Å². The molecule has 138 valence electrons. The summed E-state index contributed by atoms with van der Waals surface area (Å²) < 4.78 is 0. The summed E-state index contributed by atoms with van der Waals surface area (Å²) in [5.74, 6) is 0.617. The highest BCUT2D eigenvalue weighted by molar-refractivity contribution is 6.01. The van der Waals surface area contributed by atoms with Crippen molar-refractivity contribution in [2.24, 2.45) is 0 Å². The van der Waals surface area contributed by atoms with Crippen molar-refractivity contribution >= 4 is 17.5 Å². The molecule has 27 heavy (non-hydrogen) atoms. The molecule has 1 aromatic heterocycles. The third kappa shape index (κ3) is 4.94. The number of rotatable bonds is 4. The van der Waals surface area contributed by atoms with Crippen LogP contribution in [0.5, 0.6) is 0 Å². The number of para-hydroxylation sites is 1. The zero-order chi connectivity index (χ0) is 19.3. The van der Waals surface area contributed by atoms with Gasteiger partial charge in [-0.3, -0.25) is 4.90 Å². The molecule has 2 aromatic carbocycles. The molecule has 0 unspecified atom stereocenters. The summed E-state index contributed by atoms with van der Waals surface area (Å²) in [4.78, 5) is 18.9. The predicted octanol–water partition coefficient (Wildman–Crippen LogP) is 5.62. The predicted molar refractivity (Wildman–Crippen MR) is 111 cm³/mol. The van der Waals surface area contributed by atoms with E-state index in [4.69, 9.17) is 0 Å². The lowest BCUT2D eigenvalue weighted by molar-refractivity contribution is 0.256. The molecule has 3 aromatic rings. The molecule has 0 aliphatic rings. The van der Waals surface area contributed by atoms with Gasteiger partial charge in [0.1, 0.15) is 5.82 Å². The van der Waals surface area contributed by atoms with Crippen molar-refractivity contribution in [3.05, 3.63) is 90.1 Å². The average Bonchev–Trinajstić information content (AvgIpc) is 2.67. The molecule has 0 radical (unpaired) electrons. The van der Waals surface area contributed by atoms with Gasteiger partial charge < -0.3 is 5.32 Å². The van der Waals surface area contributed by atoms with Crippen LogP contribution in [-0.4, -0.2) is 11.0 Å². The van der Waals surface area contributed by atoms with Crippen LogP contribution in [0.1, 0.15) is 31.9 Å². The van der Waals surface area contributed by atoms with E-state index in [2.05, 4.69) is 55.3 Å². The first-order chi connectivity index (χ1) is 12.9. The maximum absolute atomic E-state index is 12.9. The largest absolute Gasteiger partial charge is 0.327 e. The first kappa shape index (κ1) is 18.6. The van der Waals surface area contributed by atoms with Gasteiger partial charge in [-0.2, -0.15) is 0 Å². The highest BCUT2D eigenvalue weighted by atomic mass is 16.2. The summed E-state index contributed by atoms with van der Waals surface area (Å²) in [5, 5.41) is 2.94. The number of anilines is 2. The van der Waals surface area contributed by atoms with Crippen molar-refractivity contribution in [1.82, 2.24) is 4.98 Å². The van der Waals surface area contributed by atoms with Gasteiger partial charge in [-0.25, -0.2) is 9.78 Å². The fourth-order valence-corrected chi connectivity index (χ4v) is 2.78. The second-order valence-corrected chi connectivity index (χ2v) is 7.52. The van der Waals surface area contributed by atoms with E-state index in [9.17, 15) is 4.79 Å². The molecule has 3 rings (SSSR count). The zero-order valence-electron chi connectivity index (χ0n) is 16.0. The molecule has 1 heterocycles. The lowest BCUT2D eigenvalue weighted by atomic mass is 9.87. The van der Waals surface area contributed by atoms with Crippen molar-refractivity contribution in [2.75, 3.05) is 10.2 Å². The van der Waals surface area contributed by atoms with Crippen LogP contribution in [0.2, 0.25) is 0 Å². The normalized spacial score (nSPS) is 11.1. The van der Waals surface area contributed by atoms with Gasteiger partial charge in [-0.1, -0.05) is 69.3 Å². The molecule has 0 saturated heterocycles. The Morgan fingerprint density at radius 3 is 2.19 bits per heavy atom. The zero-order valence-corrected chi connectivity index (χ0v) is 16.0. The van der Waals surface area contributed by atoms with Crippen LogP contribution in [0.25, 0.3) is 0 Å². The van der Waals surface area contributed by atoms with E-state index in [1.807, 2.05) is 48.5 Å². The number of hydrogen-bond acceptors (Lipinski definition) is 2. The quantitative estimate of drug-likeness (QED) is 0.657. The Labute approximate surface area is 160 Å². The standard InChI is InChI=1S/C23H25N3O/c1-23(2,3)19-14-12-18(13-15-19)17-26(21-11-7-8-16-24-21)22(27)25-20-9-5-4-6-10-20/h4-16H,17H2,1-3H3,(H,25,27). The second kappa shape index (κ2) is 8.04. The third-order valence-electron chi connectivity index (χ3n) is 4.36. The molecule has 0 aliphatic heterocycles. The first-order valence-electron chi connectivity index (χ1n) is 9.07. The van der Waals surface area contributed by atoms with Crippen molar-refractivity contribution < 1.29 is 4.79 Å². The molecule has 0 atom stereocenters. The van der Waals surface area contributed by atoms with E-state index >= 15 is 0 Å². The van der Waals surface area contributed by atoms with E-state index in [-0.39, 0.29) is 11.4 Å². The number of pyridine rings is 1. The Morgan fingerprint density at radius 1 is 0.926 bits per heavy atom. The highest BCUT2D eigenvalue weighted by Crippen LogP contribution is 2.23. The minimum absolute atomic E-state index is 0.101. The monoisotopic (exact) mass is 359 g/mol. The minimum atomic E-state index is -0.209. The molecule has 0 bridgehead atoms. The number of nitrogens with zero attached hydrogens (tertiary/aromatic N) is 2. The summed E-state index contributed by atoms with van der Waals surface area (Å²) >= 11 is 0. The van der Waals surface area contributed by atoms with Gasteiger partial charge in [0.2, 0.25) is 0 Å². The van der Waals surface area contributed by atoms with Crippen LogP contribution in [0.15, 0.2) is 79.0 Å². The van der Waals surface area contributed by atoms with Gasteiger partial charge in [0, 0.05) is 11.9 Å². The third-order valence-corrected chi connectivity index (χ3v) is 4.36. The van der Waals surface area contributed by atoms with Crippen molar-refractivity contribution in [2.45, 2.75) is 32.7 Å². The van der Waals surface area contributed by atoms with Crippen molar-refractivity contribution in [3.63, 3.8) is 0 Å². The Hall–Kier alpha value is -3.14. The molecular weight excluding hydrogens is 334 g/mol. The molecule has 1 N–H and O–H groups in total. The molecule has 0 aliphatic carbocycles. The Balaban J connectivity index is 1.83. The number of carbonyl (C=O) groups is 1. The summed E-state index contributed by atoms with van der Waals surface area (Å²) in [7, 11) is 0. The molecule has 4 heteroatoms. The minimum Gasteiger partial charge on any atom is -0.307 e. The lowest BCUT2D eigenvalue weighted by Crippen LogP contribution is -2.35. The van der Waals surface area contributed by atoms with Crippen LogP contribution in [0.4, 0.5) is 16.3 Å². The smallest absolute Gasteiger partial charge is 0.307 e. The van der Waals surface area contributed by atoms with Gasteiger partial charge in [0.15, 0.2) is 0 Å². The van der Waals surface area contributed by atoms with Gasteiger partial charge in [-0.05, 0) is 40.8 Å². The van der Waals surface area contributed by atoms with Crippen LogP contribution in [0.3, 0.4) is 0 Å². The van der Waals surface area contributed by atoms with E-state index in [1.165, 1.54) is 5.56 Å². The molecule has 2 amide bonds. The summed E-state index contributed by atoms with van der Waals surface area (Å²) in [6.45, 7) is 7.01. The SMILES string of the molecule is CC(C)(C)c1ccc(CN(C(=O)Nc2ccccc2)c2ccccn2)cc1. The Kier molecular flexibility index (Phi) is 5.55. The van der Waals surface area contributed by atoms with Crippen LogP contribution < -0.4 is 10.2 Å². The van der Waals surface area contributed by atoms with Crippen LogP contribution >= 0.6 is 0 Å². The molecule has 0 fully saturated rings. The van der Waals surface area contributed by atoms with E-state index in [0.717, 1.165) is 11.3 Å². The van der Waals surface area contributed by atoms with Crippen LogP contribution in [-0.2, 0) is 12.0 Å². The second-order valence-electron chi connectivity index (χ2n) is 7.52. The average molecular weight is 359 g/mol. The number of amides is 2.